The van der Waals surface area contributed by atoms with Crippen molar-refractivity contribution in [3.05, 3.63) is 56.5 Å². The lowest BCUT2D eigenvalue weighted by Gasteiger charge is -2.16. The van der Waals surface area contributed by atoms with E-state index in [4.69, 9.17) is 34.8 Å². The van der Waals surface area contributed by atoms with Gasteiger partial charge in [-0.05, 0) is 30.3 Å². The maximum absolute atomic E-state index is 12.9. The predicted molar refractivity (Wildman–Crippen MR) is 88.7 cm³/mol. The number of benzene rings is 2. The summed E-state index contributed by atoms with van der Waals surface area (Å²) in [6.07, 6.45) is -10.3. The van der Waals surface area contributed by atoms with E-state index in [0.29, 0.717) is 0 Å². The molecule has 0 aliphatic carbocycles. The average molecular weight is 473 g/mol. The number of hydrogen-bond donors (Lipinski definition) is 1. The van der Waals surface area contributed by atoms with Crippen LogP contribution in [0.15, 0.2) is 35.2 Å². The van der Waals surface area contributed by atoms with Crippen LogP contribution in [0.5, 0.6) is 0 Å². The third kappa shape index (κ3) is 5.13. The van der Waals surface area contributed by atoms with Crippen molar-refractivity contribution in [2.24, 2.45) is 0 Å². The first kappa shape index (κ1) is 21.9. The Morgan fingerprint density at radius 3 is 1.59 bits per heavy atom. The molecule has 0 amide bonds. The Balaban J connectivity index is 2.57. The molecule has 13 heteroatoms. The van der Waals surface area contributed by atoms with Crippen LogP contribution < -0.4 is 4.72 Å². The van der Waals surface area contributed by atoms with Crippen LogP contribution in [0.4, 0.5) is 32.0 Å². The van der Waals surface area contributed by atoms with E-state index in [9.17, 15) is 34.8 Å². The van der Waals surface area contributed by atoms with Gasteiger partial charge in [-0.3, -0.25) is 4.72 Å². The summed E-state index contributed by atoms with van der Waals surface area (Å²) in [6, 6.07) is 2.08. The van der Waals surface area contributed by atoms with Crippen LogP contribution in [0.2, 0.25) is 15.1 Å². The molecule has 27 heavy (non-hydrogen) atoms. The summed E-state index contributed by atoms with van der Waals surface area (Å²) in [5.74, 6) is 0. The summed E-state index contributed by atoms with van der Waals surface area (Å²) in [4.78, 5) is -0.676. The third-order valence-electron chi connectivity index (χ3n) is 3.10. The van der Waals surface area contributed by atoms with Gasteiger partial charge in [0, 0.05) is 0 Å². The molecule has 0 radical (unpaired) electrons. The van der Waals surface area contributed by atoms with E-state index in [1.807, 2.05) is 0 Å². The fourth-order valence-electron chi connectivity index (χ4n) is 1.93. The SMILES string of the molecule is O=S(=O)(Nc1cc(C(F)(F)F)cc(C(F)(F)F)c1)c1cc(Cl)c(Cl)cc1Cl. The minimum Gasteiger partial charge on any atom is -0.280 e. The summed E-state index contributed by atoms with van der Waals surface area (Å²) in [6.45, 7) is 0. The van der Waals surface area contributed by atoms with E-state index in [0.717, 1.165) is 12.1 Å². The molecular formula is C14H6Cl3F6NO2S. The second-order valence-corrected chi connectivity index (χ2v) is 7.97. The highest BCUT2D eigenvalue weighted by Crippen LogP contribution is 2.38. The summed E-state index contributed by atoms with van der Waals surface area (Å²) < 4.78 is 103. The van der Waals surface area contributed by atoms with Crippen molar-refractivity contribution in [3.63, 3.8) is 0 Å². The minimum absolute atomic E-state index is 0.0981. The van der Waals surface area contributed by atoms with E-state index < -0.39 is 49.1 Å². The van der Waals surface area contributed by atoms with Crippen LogP contribution in [0, 0.1) is 0 Å². The van der Waals surface area contributed by atoms with Gasteiger partial charge in [0.05, 0.1) is 31.9 Å². The molecule has 0 fully saturated rings. The lowest BCUT2D eigenvalue weighted by molar-refractivity contribution is -0.143. The molecule has 2 rings (SSSR count). The quantitative estimate of drug-likeness (QED) is 0.410. The van der Waals surface area contributed by atoms with Gasteiger partial charge in [0.2, 0.25) is 0 Å². The number of rotatable bonds is 3. The van der Waals surface area contributed by atoms with Crippen molar-refractivity contribution in [2.75, 3.05) is 4.72 Å². The number of alkyl halides is 6. The number of nitrogens with one attached hydrogen (secondary N) is 1. The van der Waals surface area contributed by atoms with E-state index in [-0.39, 0.29) is 28.2 Å². The van der Waals surface area contributed by atoms with Gasteiger partial charge < -0.3 is 0 Å². The second kappa shape index (κ2) is 7.23. The highest BCUT2D eigenvalue weighted by molar-refractivity contribution is 7.92. The monoisotopic (exact) mass is 471 g/mol. The standard InChI is InChI=1S/C14H6Cl3F6NO2S/c15-9-4-11(17)12(5-10(9)16)27(25,26)24-8-2-6(13(18,19)20)1-7(3-8)14(21,22)23/h1-5,24H. The largest absolute Gasteiger partial charge is 0.416 e. The molecule has 0 bridgehead atoms. The second-order valence-electron chi connectivity index (χ2n) is 5.10. The Labute approximate surface area is 163 Å². The summed E-state index contributed by atoms with van der Waals surface area (Å²) in [5, 5.41) is -0.763. The molecule has 1 N–H and O–H groups in total. The Bertz CT molecular complexity index is 957. The normalized spacial score (nSPS) is 12.9. The Kier molecular flexibility index (Phi) is 5.87. The zero-order valence-electron chi connectivity index (χ0n) is 12.5. The molecular weight excluding hydrogens is 467 g/mol. The average Bonchev–Trinajstić information content (AvgIpc) is 2.48. The van der Waals surface area contributed by atoms with E-state index in [1.165, 1.54) is 0 Å². The first-order valence-electron chi connectivity index (χ1n) is 6.58. The molecule has 3 nitrogen and oxygen atoms in total. The third-order valence-corrected chi connectivity index (χ3v) is 5.67. The molecule has 0 aromatic heterocycles. The van der Waals surface area contributed by atoms with Crippen LogP contribution >= 0.6 is 34.8 Å². The van der Waals surface area contributed by atoms with Crippen LogP contribution in [0.1, 0.15) is 11.1 Å². The van der Waals surface area contributed by atoms with Gasteiger partial charge in [0.25, 0.3) is 10.0 Å². The molecule has 0 atom stereocenters. The first-order chi connectivity index (χ1) is 12.1. The molecule has 0 saturated heterocycles. The maximum Gasteiger partial charge on any atom is 0.416 e. The Morgan fingerprint density at radius 1 is 0.704 bits per heavy atom. The smallest absolute Gasteiger partial charge is 0.280 e. The molecule has 0 aliphatic heterocycles. The number of halogens is 9. The van der Waals surface area contributed by atoms with Crippen LogP contribution in [0.3, 0.4) is 0 Å². The lowest BCUT2D eigenvalue weighted by Crippen LogP contribution is -2.16. The maximum atomic E-state index is 12.9. The minimum atomic E-state index is -5.14. The van der Waals surface area contributed by atoms with Gasteiger partial charge >= 0.3 is 12.4 Å². The van der Waals surface area contributed by atoms with Gasteiger partial charge in [-0.2, -0.15) is 26.3 Å². The van der Waals surface area contributed by atoms with Crippen molar-refractivity contribution >= 4 is 50.5 Å². The van der Waals surface area contributed by atoms with Gasteiger partial charge in [0.1, 0.15) is 4.90 Å². The Morgan fingerprint density at radius 2 is 1.15 bits per heavy atom. The van der Waals surface area contributed by atoms with Crippen LogP contribution in [-0.4, -0.2) is 8.42 Å². The number of anilines is 1. The number of hydrogen-bond acceptors (Lipinski definition) is 2. The predicted octanol–water partition coefficient (Wildman–Crippen LogP) is 6.49. The van der Waals surface area contributed by atoms with Crippen molar-refractivity contribution in [3.8, 4) is 0 Å². The fourth-order valence-corrected chi connectivity index (χ4v) is 3.98. The Hall–Kier alpha value is -1.36. The van der Waals surface area contributed by atoms with Crippen molar-refractivity contribution in [2.45, 2.75) is 17.2 Å². The molecule has 2 aromatic rings. The fraction of sp³-hybridized carbons (Fsp3) is 0.143. The van der Waals surface area contributed by atoms with Crippen molar-refractivity contribution < 1.29 is 34.8 Å². The first-order valence-corrected chi connectivity index (χ1v) is 9.20. The molecule has 0 spiro atoms. The summed E-state index contributed by atoms with van der Waals surface area (Å²) >= 11 is 17.1. The molecule has 148 valence electrons. The van der Waals surface area contributed by atoms with Crippen LogP contribution in [-0.2, 0) is 22.4 Å². The topological polar surface area (TPSA) is 46.2 Å². The van der Waals surface area contributed by atoms with Crippen molar-refractivity contribution in [1.82, 2.24) is 0 Å². The zero-order chi connectivity index (χ0) is 20.8. The van der Waals surface area contributed by atoms with Crippen molar-refractivity contribution in [1.29, 1.82) is 0 Å². The summed E-state index contributed by atoms with van der Waals surface area (Å²) in [7, 11) is -4.67. The number of sulfonamides is 1. The highest BCUT2D eigenvalue weighted by Gasteiger charge is 2.37. The van der Waals surface area contributed by atoms with Gasteiger partial charge in [0.15, 0.2) is 0 Å². The molecule has 0 saturated carbocycles. The van der Waals surface area contributed by atoms with E-state index in [1.54, 1.807) is 4.72 Å². The van der Waals surface area contributed by atoms with Gasteiger partial charge in [-0.25, -0.2) is 8.42 Å². The van der Waals surface area contributed by atoms with E-state index >= 15 is 0 Å². The zero-order valence-corrected chi connectivity index (χ0v) is 15.6. The molecule has 2 aromatic carbocycles. The lowest BCUT2D eigenvalue weighted by atomic mass is 10.1. The highest BCUT2D eigenvalue weighted by atomic mass is 35.5. The van der Waals surface area contributed by atoms with E-state index in [2.05, 4.69) is 0 Å². The molecule has 0 aliphatic rings. The van der Waals surface area contributed by atoms with Gasteiger partial charge in [-0.1, -0.05) is 34.8 Å². The van der Waals surface area contributed by atoms with Gasteiger partial charge in [-0.15, -0.1) is 0 Å². The summed E-state index contributed by atoms with van der Waals surface area (Å²) in [5.41, 5.74) is -4.33. The van der Waals surface area contributed by atoms with Crippen LogP contribution in [0.25, 0.3) is 0 Å². The molecule has 0 unspecified atom stereocenters. The molecule has 0 heterocycles.